The second kappa shape index (κ2) is 4.09. The van der Waals surface area contributed by atoms with Gasteiger partial charge in [0.2, 0.25) is 1.43 Å². The summed E-state index contributed by atoms with van der Waals surface area (Å²) < 4.78 is 50.2. The molecule has 66 valence electrons. The van der Waals surface area contributed by atoms with Gasteiger partial charge in [0.1, 0.15) is 7.16 Å². The highest BCUT2D eigenvalue weighted by Crippen LogP contribution is 2.17. The van der Waals surface area contributed by atoms with E-state index in [1.807, 2.05) is 0 Å². The number of likely N-dealkylation sites (N-methyl/N-ethyl adjacent to an activating group) is 1. The van der Waals surface area contributed by atoms with E-state index in [2.05, 4.69) is 10.2 Å². The van der Waals surface area contributed by atoms with Crippen molar-refractivity contribution in [3.8, 4) is 5.75 Å². The third-order valence-corrected chi connectivity index (χ3v) is 1.38. The van der Waals surface area contributed by atoms with Crippen LogP contribution in [0.15, 0.2) is 24.3 Å². The van der Waals surface area contributed by atoms with Crippen molar-refractivity contribution in [2.75, 3.05) is 13.5 Å². The van der Waals surface area contributed by atoms with Crippen molar-refractivity contribution in [3.05, 3.63) is 29.8 Å². The van der Waals surface area contributed by atoms with E-state index in [1.165, 1.54) is 24.3 Å². The number of benzene rings is 1. The van der Waals surface area contributed by atoms with Gasteiger partial charge in [-0.3, -0.25) is 0 Å². The van der Waals surface area contributed by atoms with Crippen molar-refractivity contribution in [1.29, 1.82) is 2.86 Å². The number of hydrogen-bond acceptors (Lipinski definition) is 3. The predicted molar refractivity (Wildman–Crippen MR) is 47.0 cm³/mol. The lowest BCUT2D eigenvalue weighted by molar-refractivity contribution is 0.177. The summed E-state index contributed by atoms with van der Waals surface area (Å²) in [6.45, 7) is -3.37. The van der Waals surface area contributed by atoms with E-state index in [0.29, 0.717) is 0 Å². The molecule has 0 amide bonds. The summed E-state index contributed by atoms with van der Waals surface area (Å²) in [5.41, 5.74) is 0.119. The second-order valence-corrected chi connectivity index (χ2v) is 2.27. The maximum Gasteiger partial charge on any atom is 0.293 e. The smallest absolute Gasteiger partial charge is 0.293 e. The number of aliphatic hydroxyl groups is 1. The zero-order chi connectivity index (χ0) is 14.7. The molecule has 12 heavy (non-hydrogen) atoms. The minimum absolute atomic E-state index is 0.119. The first-order valence-corrected chi connectivity index (χ1v) is 3.37. The molecule has 0 bridgehead atoms. The monoisotopic (exact) mass is 174 g/mol. The van der Waals surface area contributed by atoms with Crippen LogP contribution in [0.5, 0.6) is 5.75 Å². The van der Waals surface area contributed by atoms with E-state index in [0.717, 1.165) is 0 Å². The molecular formula is C9H13NO2. The maximum atomic E-state index is 7.95. The molecule has 1 atom stereocenters. The average Bonchev–Trinajstić information content (AvgIpc) is 2.37. The van der Waals surface area contributed by atoms with Crippen molar-refractivity contribution in [2.45, 2.75) is 6.08 Å². The van der Waals surface area contributed by atoms with Gasteiger partial charge in [-0.25, -0.2) is 0 Å². The van der Waals surface area contributed by atoms with Crippen LogP contribution in [0.4, 0.5) is 0 Å². The molecule has 0 aromatic heterocycles. The molecule has 3 heteroatoms. The van der Waals surface area contributed by atoms with Crippen LogP contribution in [0.2, 0.25) is 1.41 Å². The van der Waals surface area contributed by atoms with Gasteiger partial charge in [-0.1, -0.05) is 12.1 Å². The van der Waals surface area contributed by atoms with Crippen LogP contribution in [0, 0.1) is 0 Å². The Kier molecular flexibility index (Phi) is 1.14. The molecule has 0 aliphatic carbocycles. The highest BCUT2D eigenvalue weighted by atomic mass is 16.3. The van der Waals surface area contributed by atoms with Gasteiger partial charge in [0.05, 0.1) is 7.45 Å². The fourth-order valence-corrected chi connectivity index (χ4v) is 0.833. The van der Waals surface area contributed by atoms with Gasteiger partial charge in [0.15, 0.2) is 0 Å². The van der Waals surface area contributed by atoms with Crippen LogP contribution in [0.1, 0.15) is 17.1 Å². The predicted octanol–water partition coefficient (Wildman–Crippen LogP) is 0.645. The molecule has 0 spiro atoms. The summed E-state index contributed by atoms with van der Waals surface area (Å²) in [4.78, 5) is 0. The van der Waals surface area contributed by atoms with Crippen LogP contribution in [-0.2, 0) is 0 Å². The molecule has 3 nitrogen and oxygen atoms in total. The fraction of sp³-hybridized carbons (Fsp3) is 0.333. The molecule has 0 radical (unpaired) electrons. The normalized spacial score (nSPS) is 24.9. The minimum Gasteiger partial charge on any atom is -0.508 e. The van der Waals surface area contributed by atoms with E-state index < -0.39 is 19.6 Å². The van der Waals surface area contributed by atoms with E-state index in [1.54, 1.807) is 0 Å². The SMILES string of the molecule is [2H]Oc1cccc([C@@]([2H])(CN([2H])C([2H])([2H])[2H])O[2H])c1. The molecular weight excluding hydrogens is 154 g/mol. The summed E-state index contributed by atoms with van der Waals surface area (Å²) >= 11 is 0. The summed E-state index contributed by atoms with van der Waals surface area (Å²) in [5, 5.41) is 8.72. The first-order chi connectivity index (χ1) is 8.73. The molecule has 0 saturated carbocycles. The number of phenols is 1. The van der Waals surface area contributed by atoms with Gasteiger partial charge in [0, 0.05) is 10.7 Å². The van der Waals surface area contributed by atoms with Crippen LogP contribution < -0.4 is 5.31 Å². The van der Waals surface area contributed by atoms with Gasteiger partial charge in [-0.05, 0) is 24.7 Å². The Morgan fingerprint density at radius 1 is 1.92 bits per heavy atom. The summed E-state index contributed by atoms with van der Waals surface area (Å²) in [5.74, 6) is 0.122. The van der Waals surface area contributed by atoms with Crippen molar-refractivity contribution >= 4 is 0 Å². The van der Waals surface area contributed by atoms with Gasteiger partial charge in [-0.15, -0.1) is 0 Å². The van der Waals surface area contributed by atoms with Crippen molar-refractivity contribution in [1.82, 2.24) is 5.31 Å². The summed E-state index contributed by atoms with van der Waals surface area (Å²) in [6.07, 6.45) is -2.06. The lowest BCUT2D eigenvalue weighted by atomic mass is 10.1. The van der Waals surface area contributed by atoms with Crippen LogP contribution in [-0.4, -0.2) is 26.6 Å². The summed E-state index contributed by atoms with van der Waals surface area (Å²) in [7, 11) is 0. The zero-order valence-corrected chi connectivity index (χ0v) is 6.28. The van der Waals surface area contributed by atoms with E-state index >= 15 is 0 Å². The Morgan fingerprint density at radius 2 is 2.92 bits per heavy atom. The zero-order valence-electron chi connectivity index (χ0n) is 13.3. The number of rotatable bonds is 5. The van der Waals surface area contributed by atoms with Crippen molar-refractivity contribution in [3.63, 3.8) is 0 Å². The highest BCUT2D eigenvalue weighted by molar-refractivity contribution is 5.28. The topological polar surface area (TPSA) is 52.5 Å². The standard InChI is InChI=1S/C9H13NO2/c1-10-6-9(12)7-3-2-4-8(11)5-7/h2-5,9-12H,6H2,1H3/t9-/m1/s1/i1D3,9D,12D/hD2. The van der Waals surface area contributed by atoms with Gasteiger partial charge in [0.25, 0.3) is 1.43 Å². The third kappa shape index (κ3) is 2.22. The van der Waals surface area contributed by atoms with Crippen LogP contribution in [0.25, 0.3) is 0 Å². The third-order valence-electron chi connectivity index (χ3n) is 1.38. The summed E-state index contributed by atoms with van der Waals surface area (Å²) in [6, 6.07) is 5.65. The number of nitrogens with one attached hydrogen (secondary N) is 1. The minimum atomic E-state index is -2.71. The lowest BCUT2D eigenvalue weighted by Crippen LogP contribution is -2.16. The van der Waals surface area contributed by atoms with Gasteiger partial charge < -0.3 is 15.5 Å². The number of hydrogen-bond donors (Lipinski definition) is 3. The van der Waals surface area contributed by atoms with Crippen molar-refractivity contribution in [2.24, 2.45) is 0 Å². The second-order valence-electron chi connectivity index (χ2n) is 2.27. The molecule has 0 aliphatic rings. The molecule has 0 unspecified atom stereocenters. The molecule has 0 saturated heterocycles. The first kappa shape index (κ1) is 3.36. The molecule has 1 aromatic carbocycles. The van der Waals surface area contributed by atoms with Crippen molar-refractivity contribution < 1.29 is 17.1 Å². The maximum absolute atomic E-state index is 7.95. The average molecular weight is 174 g/mol. The fourth-order valence-electron chi connectivity index (χ4n) is 0.833. The van der Waals surface area contributed by atoms with Gasteiger partial charge in [-0.2, -0.15) is 0 Å². The Morgan fingerprint density at radius 3 is 3.67 bits per heavy atom. The molecule has 0 aliphatic heterocycles. The first-order valence-electron chi connectivity index (χ1n) is 6.64. The lowest BCUT2D eigenvalue weighted by Gasteiger charge is -2.09. The molecule has 1 rings (SSSR count). The molecule has 0 heterocycles. The van der Waals surface area contributed by atoms with E-state index in [9.17, 15) is 0 Å². The van der Waals surface area contributed by atoms with E-state index in [4.69, 9.17) is 9.76 Å². The van der Waals surface area contributed by atoms with E-state index in [-0.39, 0.29) is 16.6 Å². The van der Waals surface area contributed by atoms with Crippen LogP contribution >= 0.6 is 0 Å². The Hall–Kier alpha value is -1.06. The van der Waals surface area contributed by atoms with Crippen LogP contribution in [0.3, 0.4) is 0 Å². The Bertz CT molecular complexity index is 427. The van der Waals surface area contributed by atoms with Gasteiger partial charge >= 0.3 is 0 Å². The quantitative estimate of drug-likeness (QED) is 0.614. The molecule has 0 fully saturated rings. The highest BCUT2D eigenvalue weighted by Gasteiger charge is 2.05. The molecule has 1 aromatic rings. The molecule has 3 N–H and O–H groups in total. The number of phenolic OH excluding ortho intramolecular Hbond substituents is 1. The Labute approximate surface area is 81.7 Å². The number of aromatic hydroxyl groups is 1. The Balaban J connectivity index is 3.02. The largest absolute Gasteiger partial charge is 0.508 e.